The van der Waals surface area contributed by atoms with E-state index in [1.165, 1.54) is 31.2 Å². The van der Waals surface area contributed by atoms with Gasteiger partial charge in [-0.1, -0.05) is 25.0 Å². The molecule has 0 bridgehead atoms. The maximum absolute atomic E-state index is 13.0. The molecule has 2 unspecified atom stereocenters. The molecule has 3 rings (SSSR count). The highest BCUT2D eigenvalue weighted by atomic mass is 19.1. The van der Waals surface area contributed by atoms with Crippen molar-refractivity contribution in [3.8, 4) is 0 Å². The van der Waals surface area contributed by atoms with Gasteiger partial charge in [0.25, 0.3) is 0 Å². The van der Waals surface area contributed by atoms with Gasteiger partial charge in [0, 0.05) is 25.2 Å². The molecular formula is C16H23FN2. The molecule has 1 aliphatic carbocycles. The normalized spacial score (nSPS) is 29.8. The van der Waals surface area contributed by atoms with E-state index < -0.39 is 0 Å². The standard InChI is InChI=1S/C16H23FN2/c17-14-7-5-12(6-8-14)13-9-15(18)11-19(10-13)16-3-1-2-4-16/h5-8,13,15-16H,1-4,9-11,18H2. The molecular weight excluding hydrogens is 239 g/mol. The molecule has 2 aliphatic rings. The maximum atomic E-state index is 13.0. The summed E-state index contributed by atoms with van der Waals surface area (Å²) in [5, 5.41) is 0. The quantitative estimate of drug-likeness (QED) is 0.888. The van der Waals surface area contributed by atoms with Gasteiger partial charge in [0.2, 0.25) is 0 Å². The fourth-order valence-corrected chi connectivity index (χ4v) is 3.72. The molecule has 2 fully saturated rings. The number of rotatable bonds is 2. The largest absolute Gasteiger partial charge is 0.327 e. The Hall–Kier alpha value is -0.930. The summed E-state index contributed by atoms with van der Waals surface area (Å²) in [6, 6.07) is 7.96. The third-order valence-electron chi connectivity index (χ3n) is 4.69. The monoisotopic (exact) mass is 262 g/mol. The van der Waals surface area contributed by atoms with Crippen LogP contribution in [-0.2, 0) is 0 Å². The Morgan fingerprint density at radius 3 is 2.42 bits per heavy atom. The van der Waals surface area contributed by atoms with Gasteiger partial charge in [0.15, 0.2) is 0 Å². The van der Waals surface area contributed by atoms with E-state index in [-0.39, 0.29) is 11.9 Å². The van der Waals surface area contributed by atoms with Crippen LogP contribution in [0.3, 0.4) is 0 Å². The summed E-state index contributed by atoms with van der Waals surface area (Å²) >= 11 is 0. The third-order valence-corrected chi connectivity index (χ3v) is 4.69. The second kappa shape index (κ2) is 5.59. The summed E-state index contributed by atoms with van der Waals surface area (Å²) in [5.41, 5.74) is 7.47. The van der Waals surface area contributed by atoms with Gasteiger partial charge in [0.1, 0.15) is 5.82 Å². The fourth-order valence-electron chi connectivity index (χ4n) is 3.72. The lowest BCUT2D eigenvalue weighted by Crippen LogP contribution is -2.49. The molecule has 1 saturated heterocycles. The van der Waals surface area contributed by atoms with Crippen molar-refractivity contribution in [2.75, 3.05) is 13.1 Å². The van der Waals surface area contributed by atoms with Gasteiger partial charge < -0.3 is 5.73 Å². The van der Waals surface area contributed by atoms with Crippen LogP contribution in [0, 0.1) is 5.82 Å². The molecule has 19 heavy (non-hydrogen) atoms. The van der Waals surface area contributed by atoms with Crippen molar-refractivity contribution in [1.29, 1.82) is 0 Å². The van der Waals surface area contributed by atoms with E-state index >= 15 is 0 Å². The Labute approximate surface area is 114 Å². The van der Waals surface area contributed by atoms with Crippen molar-refractivity contribution in [2.24, 2.45) is 5.73 Å². The first kappa shape index (κ1) is 13.1. The molecule has 0 spiro atoms. The zero-order valence-corrected chi connectivity index (χ0v) is 11.4. The number of hydrogen-bond donors (Lipinski definition) is 1. The minimum absolute atomic E-state index is 0.156. The van der Waals surface area contributed by atoms with Crippen molar-refractivity contribution < 1.29 is 4.39 Å². The smallest absolute Gasteiger partial charge is 0.123 e. The first-order valence-corrected chi connectivity index (χ1v) is 7.47. The van der Waals surface area contributed by atoms with Gasteiger partial charge in [0.05, 0.1) is 0 Å². The lowest BCUT2D eigenvalue weighted by atomic mass is 9.87. The van der Waals surface area contributed by atoms with Gasteiger partial charge in [-0.2, -0.15) is 0 Å². The fraction of sp³-hybridized carbons (Fsp3) is 0.625. The van der Waals surface area contributed by atoms with Gasteiger partial charge in [-0.25, -0.2) is 4.39 Å². The van der Waals surface area contributed by atoms with E-state index in [9.17, 15) is 4.39 Å². The summed E-state index contributed by atoms with van der Waals surface area (Å²) in [6.45, 7) is 2.12. The van der Waals surface area contributed by atoms with Gasteiger partial charge in [-0.05, 0) is 42.9 Å². The van der Waals surface area contributed by atoms with Crippen molar-refractivity contribution in [3.05, 3.63) is 35.6 Å². The number of halogens is 1. The number of benzene rings is 1. The van der Waals surface area contributed by atoms with Crippen LogP contribution in [0.2, 0.25) is 0 Å². The summed E-state index contributed by atoms with van der Waals surface area (Å²) in [4.78, 5) is 2.58. The van der Waals surface area contributed by atoms with Crippen molar-refractivity contribution in [3.63, 3.8) is 0 Å². The average Bonchev–Trinajstić information content (AvgIpc) is 2.93. The Kier molecular flexibility index (Phi) is 3.85. The zero-order chi connectivity index (χ0) is 13.2. The van der Waals surface area contributed by atoms with E-state index in [0.717, 1.165) is 25.6 Å². The molecule has 3 heteroatoms. The Morgan fingerprint density at radius 1 is 1.05 bits per heavy atom. The molecule has 104 valence electrons. The molecule has 1 aromatic rings. The van der Waals surface area contributed by atoms with Crippen LogP contribution in [0.4, 0.5) is 4.39 Å². The van der Waals surface area contributed by atoms with Gasteiger partial charge >= 0.3 is 0 Å². The molecule has 1 aromatic carbocycles. The van der Waals surface area contributed by atoms with Gasteiger partial charge in [-0.3, -0.25) is 4.90 Å². The number of nitrogens with zero attached hydrogens (tertiary/aromatic N) is 1. The number of nitrogens with two attached hydrogens (primary N) is 1. The Balaban J connectivity index is 1.72. The number of piperidine rings is 1. The van der Waals surface area contributed by atoms with Crippen LogP contribution in [0.25, 0.3) is 0 Å². The average molecular weight is 262 g/mol. The third kappa shape index (κ3) is 2.98. The van der Waals surface area contributed by atoms with Crippen LogP contribution in [0.1, 0.15) is 43.6 Å². The predicted molar refractivity (Wildman–Crippen MR) is 75.6 cm³/mol. The molecule has 2 atom stereocenters. The highest BCUT2D eigenvalue weighted by Crippen LogP contribution is 2.32. The van der Waals surface area contributed by atoms with Crippen molar-refractivity contribution >= 4 is 0 Å². The number of hydrogen-bond acceptors (Lipinski definition) is 2. The van der Waals surface area contributed by atoms with Crippen LogP contribution in [0.5, 0.6) is 0 Å². The molecule has 2 N–H and O–H groups in total. The predicted octanol–water partition coefficient (Wildman–Crippen LogP) is 2.88. The molecule has 2 nitrogen and oxygen atoms in total. The van der Waals surface area contributed by atoms with Gasteiger partial charge in [-0.15, -0.1) is 0 Å². The van der Waals surface area contributed by atoms with E-state index in [4.69, 9.17) is 5.73 Å². The second-order valence-electron chi connectivity index (χ2n) is 6.14. The van der Waals surface area contributed by atoms with E-state index in [1.54, 1.807) is 12.1 Å². The van der Waals surface area contributed by atoms with Crippen LogP contribution >= 0.6 is 0 Å². The minimum Gasteiger partial charge on any atom is -0.327 e. The van der Waals surface area contributed by atoms with Crippen LogP contribution in [0.15, 0.2) is 24.3 Å². The molecule has 0 amide bonds. The lowest BCUT2D eigenvalue weighted by molar-refractivity contribution is 0.136. The van der Waals surface area contributed by atoms with E-state index in [1.807, 2.05) is 12.1 Å². The maximum Gasteiger partial charge on any atom is 0.123 e. The highest BCUT2D eigenvalue weighted by Gasteiger charge is 2.31. The summed E-state index contributed by atoms with van der Waals surface area (Å²) < 4.78 is 13.0. The van der Waals surface area contributed by atoms with Crippen LogP contribution < -0.4 is 5.73 Å². The molecule has 0 aromatic heterocycles. The zero-order valence-electron chi connectivity index (χ0n) is 11.4. The highest BCUT2D eigenvalue weighted by molar-refractivity contribution is 5.22. The lowest BCUT2D eigenvalue weighted by Gasteiger charge is -2.40. The summed E-state index contributed by atoms with van der Waals surface area (Å²) in [7, 11) is 0. The van der Waals surface area contributed by atoms with E-state index in [2.05, 4.69) is 4.90 Å². The Morgan fingerprint density at radius 2 is 1.74 bits per heavy atom. The molecule has 1 saturated carbocycles. The summed E-state index contributed by atoms with van der Waals surface area (Å²) in [5.74, 6) is 0.307. The molecule has 1 heterocycles. The Bertz CT molecular complexity index is 411. The second-order valence-corrected chi connectivity index (χ2v) is 6.14. The summed E-state index contributed by atoms with van der Waals surface area (Å²) in [6.07, 6.45) is 6.38. The van der Waals surface area contributed by atoms with Crippen molar-refractivity contribution in [1.82, 2.24) is 4.90 Å². The first-order chi connectivity index (χ1) is 9.22. The van der Waals surface area contributed by atoms with Crippen LogP contribution in [-0.4, -0.2) is 30.1 Å². The SMILES string of the molecule is NC1CC(c2ccc(F)cc2)CN(C2CCCC2)C1. The topological polar surface area (TPSA) is 29.3 Å². The molecule has 0 radical (unpaired) electrons. The first-order valence-electron chi connectivity index (χ1n) is 7.47. The molecule has 1 aliphatic heterocycles. The minimum atomic E-state index is -0.156. The number of likely N-dealkylation sites (tertiary alicyclic amines) is 1. The van der Waals surface area contributed by atoms with Crippen molar-refractivity contribution in [2.45, 2.75) is 50.1 Å². The van der Waals surface area contributed by atoms with E-state index in [0.29, 0.717) is 5.92 Å².